The Morgan fingerprint density at radius 1 is 0.897 bits per heavy atom. The number of urea groups is 1. The van der Waals surface area contributed by atoms with E-state index < -0.39 is 0 Å². The third-order valence-electron chi connectivity index (χ3n) is 6.86. The summed E-state index contributed by atoms with van der Waals surface area (Å²) in [5.41, 5.74) is 1.31. The van der Waals surface area contributed by atoms with Gasteiger partial charge in [0.1, 0.15) is 0 Å². The van der Waals surface area contributed by atoms with E-state index in [2.05, 4.69) is 41.1 Å². The van der Waals surface area contributed by atoms with E-state index in [0.717, 1.165) is 77.9 Å². The van der Waals surface area contributed by atoms with E-state index in [0.29, 0.717) is 11.9 Å². The van der Waals surface area contributed by atoms with Crippen molar-refractivity contribution in [2.75, 3.05) is 46.3 Å². The molecule has 0 bridgehead atoms. The highest BCUT2D eigenvalue weighted by atomic mass is 16.2. The zero-order valence-corrected chi connectivity index (χ0v) is 17.6. The molecule has 3 aliphatic rings. The van der Waals surface area contributed by atoms with Crippen LogP contribution in [-0.2, 0) is 11.3 Å². The minimum atomic E-state index is 0.0795. The van der Waals surface area contributed by atoms with Crippen LogP contribution in [0.5, 0.6) is 0 Å². The SMILES string of the molecule is CN(Cc1ccccc1)C1CCN(C(=O)C2CCN(C(=O)N3CCCC3)CC2)C1. The molecular formula is C23H34N4O2. The number of carbonyl (C=O) groups is 2. The van der Waals surface area contributed by atoms with Gasteiger partial charge in [-0.1, -0.05) is 30.3 Å². The van der Waals surface area contributed by atoms with Crippen molar-refractivity contribution in [3.63, 3.8) is 0 Å². The predicted octanol–water partition coefficient (Wildman–Crippen LogP) is 2.65. The Labute approximate surface area is 174 Å². The summed E-state index contributed by atoms with van der Waals surface area (Å²) < 4.78 is 0. The van der Waals surface area contributed by atoms with Gasteiger partial charge in [0.15, 0.2) is 0 Å². The van der Waals surface area contributed by atoms with Gasteiger partial charge in [-0.05, 0) is 44.7 Å². The molecule has 4 rings (SSSR count). The third kappa shape index (κ3) is 4.74. The van der Waals surface area contributed by atoms with Gasteiger partial charge >= 0.3 is 6.03 Å². The molecule has 3 aliphatic heterocycles. The zero-order chi connectivity index (χ0) is 20.2. The number of nitrogens with zero attached hydrogens (tertiary/aromatic N) is 4. The number of piperidine rings is 1. The normalized spacial score (nSPS) is 23.2. The lowest BCUT2D eigenvalue weighted by atomic mass is 9.95. The largest absolute Gasteiger partial charge is 0.341 e. The molecule has 0 aromatic heterocycles. The van der Waals surface area contributed by atoms with Crippen LogP contribution < -0.4 is 0 Å². The predicted molar refractivity (Wildman–Crippen MR) is 113 cm³/mol. The van der Waals surface area contributed by atoms with Crippen molar-refractivity contribution >= 4 is 11.9 Å². The van der Waals surface area contributed by atoms with Crippen molar-refractivity contribution in [2.45, 2.75) is 44.7 Å². The molecule has 0 saturated carbocycles. The number of carbonyl (C=O) groups excluding carboxylic acids is 2. The second-order valence-corrected chi connectivity index (χ2v) is 8.87. The van der Waals surface area contributed by atoms with Gasteiger partial charge < -0.3 is 14.7 Å². The first-order chi connectivity index (χ1) is 14.1. The monoisotopic (exact) mass is 398 g/mol. The van der Waals surface area contributed by atoms with Gasteiger partial charge in [0.25, 0.3) is 0 Å². The summed E-state index contributed by atoms with van der Waals surface area (Å²) in [6.45, 7) is 5.83. The first-order valence-electron chi connectivity index (χ1n) is 11.2. The molecule has 0 radical (unpaired) electrons. The fraction of sp³-hybridized carbons (Fsp3) is 0.652. The lowest BCUT2D eigenvalue weighted by Crippen LogP contribution is -2.48. The van der Waals surface area contributed by atoms with E-state index in [9.17, 15) is 9.59 Å². The summed E-state index contributed by atoms with van der Waals surface area (Å²) >= 11 is 0. The maximum atomic E-state index is 13.1. The van der Waals surface area contributed by atoms with Crippen molar-refractivity contribution in [1.82, 2.24) is 19.6 Å². The number of rotatable bonds is 4. The Balaban J connectivity index is 1.24. The van der Waals surface area contributed by atoms with Crippen LogP contribution in [0.4, 0.5) is 4.79 Å². The minimum Gasteiger partial charge on any atom is -0.341 e. The van der Waals surface area contributed by atoms with Crippen LogP contribution in [0.3, 0.4) is 0 Å². The molecule has 3 amide bonds. The molecule has 1 unspecified atom stereocenters. The standard InChI is InChI=1S/C23H34N4O2/c1-24(17-19-7-3-2-4-8-19)21-11-16-27(18-21)22(28)20-9-14-26(15-10-20)23(29)25-12-5-6-13-25/h2-4,7-8,20-21H,5-6,9-18H2,1H3. The Hall–Kier alpha value is -2.08. The van der Waals surface area contributed by atoms with Gasteiger partial charge in [0.2, 0.25) is 5.91 Å². The van der Waals surface area contributed by atoms with E-state index in [1.54, 1.807) is 0 Å². The summed E-state index contributed by atoms with van der Waals surface area (Å²) in [5, 5.41) is 0. The molecule has 0 N–H and O–H groups in total. The Morgan fingerprint density at radius 2 is 1.52 bits per heavy atom. The molecule has 3 heterocycles. The minimum absolute atomic E-state index is 0.0795. The number of likely N-dealkylation sites (N-methyl/N-ethyl adjacent to an activating group) is 1. The van der Waals surface area contributed by atoms with Crippen molar-refractivity contribution in [2.24, 2.45) is 5.92 Å². The first kappa shape index (κ1) is 20.2. The van der Waals surface area contributed by atoms with Gasteiger partial charge in [-0.2, -0.15) is 0 Å². The van der Waals surface area contributed by atoms with Gasteiger partial charge in [0.05, 0.1) is 0 Å². The van der Waals surface area contributed by atoms with Crippen molar-refractivity contribution in [1.29, 1.82) is 0 Å². The molecule has 3 saturated heterocycles. The highest BCUT2D eigenvalue weighted by Gasteiger charge is 2.35. The Kier molecular flexibility index (Phi) is 6.38. The smallest absolute Gasteiger partial charge is 0.319 e. The summed E-state index contributed by atoms with van der Waals surface area (Å²) in [7, 11) is 2.16. The highest BCUT2D eigenvalue weighted by Crippen LogP contribution is 2.25. The van der Waals surface area contributed by atoms with E-state index >= 15 is 0 Å². The van der Waals surface area contributed by atoms with Gasteiger partial charge in [-0.15, -0.1) is 0 Å². The van der Waals surface area contributed by atoms with E-state index in [1.165, 1.54) is 5.56 Å². The lowest BCUT2D eigenvalue weighted by Gasteiger charge is -2.35. The van der Waals surface area contributed by atoms with Crippen molar-refractivity contribution in [3.8, 4) is 0 Å². The van der Waals surface area contributed by atoms with Crippen LogP contribution in [-0.4, -0.2) is 83.9 Å². The fourth-order valence-electron chi connectivity index (χ4n) is 4.99. The fourth-order valence-corrected chi connectivity index (χ4v) is 4.99. The van der Waals surface area contributed by atoms with Crippen molar-refractivity contribution < 1.29 is 9.59 Å². The molecule has 29 heavy (non-hydrogen) atoms. The van der Waals surface area contributed by atoms with Gasteiger partial charge in [-0.3, -0.25) is 9.69 Å². The van der Waals surface area contributed by atoms with Crippen LogP contribution in [0, 0.1) is 5.92 Å². The average Bonchev–Trinajstić information content (AvgIpc) is 3.46. The maximum absolute atomic E-state index is 13.1. The first-order valence-corrected chi connectivity index (χ1v) is 11.2. The van der Waals surface area contributed by atoms with E-state index in [-0.39, 0.29) is 11.9 Å². The lowest BCUT2D eigenvalue weighted by molar-refractivity contribution is -0.136. The van der Waals surface area contributed by atoms with E-state index in [1.807, 2.05) is 15.9 Å². The number of hydrogen-bond donors (Lipinski definition) is 0. The van der Waals surface area contributed by atoms with Gasteiger partial charge in [0, 0.05) is 57.8 Å². The second-order valence-electron chi connectivity index (χ2n) is 8.87. The molecule has 1 aromatic carbocycles. The van der Waals surface area contributed by atoms with Crippen LogP contribution in [0.25, 0.3) is 0 Å². The molecule has 0 aliphatic carbocycles. The second kappa shape index (κ2) is 9.16. The van der Waals surface area contributed by atoms with Gasteiger partial charge in [-0.25, -0.2) is 4.79 Å². The summed E-state index contributed by atoms with van der Waals surface area (Å²) in [4.78, 5) is 34.0. The molecule has 158 valence electrons. The Morgan fingerprint density at radius 3 is 2.21 bits per heavy atom. The number of benzene rings is 1. The number of likely N-dealkylation sites (tertiary alicyclic amines) is 3. The summed E-state index contributed by atoms with van der Waals surface area (Å²) in [5.74, 6) is 0.379. The maximum Gasteiger partial charge on any atom is 0.319 e. The molecular weight excluding hydrogens is 364 g/mol. The highest BCUT2D eigenvalue weighted by molar-refractivity contribution is 5.80. The third-order valence-corrected chi connectivity index (χ3v) is 6.86. The summed E-state index contributed by atoms with van der Waals surface area (Å²) in [6.07, 6.45) is 4.89. The zero-order valence-electron chi connectivity index (χ0n) is 17.6. The molecule has 6 heteroatoms. The quantitative estimate of drug-likeness (QED) is 0.783. The molecule has 3 fully saturated rings. The van der Waals surface area contributed by atoms with Crippen LogP contribution >= 0.6 is 0 Å². The molecule has 6 nitrogen and oxygen atoms in total. The van der Waals surface area contributed by atoms with Crippen LogP contribution in [0.15, 0.2) is 30.3 Å². The Bertz CT molecular complexity index is 696. The molecule has 1 atom stereocenters. The average molecular weight is 399 g/mol. The number of amides is 3. The molecule has 0 spiro atoms. The van der Waals surface area contributed by atoms with Crippen molar-refractivity contribution in [3.05, 3.63) is 35.9 Å². The summed E-state index contributed by atoms with van der Waals surface area (Å²) in [6, 6.07) is 11.1. The van der Waals surface area contributed by atoms with Crippen LogP contribution in [0.1, 0.15) is 37.7 Å². The number of hydrogen-bond acceptors (Lipinski definition) is 3. The van der Waals surface area contributed by atoms with Crippen LogP contribution in [0.2, 0.25) is 0 Å². The molecule has 1 aromatic rings. The topological polar surface area (TPSA) is 47.1 Å². The van der Waals surface area contributed by atoms with E-state index in [4.69, 9.17) is 0 Å².